The maximum Gasteiger partial charge on any atom is 0.138 e. The van der Waals surface area contributed by atoms with E-state index >= 15 is 0 Å². The van der Waals surface area contributed by atoms with Crippen LogP contribution in [0, 0.1) is 19.8 Å². The number of fused-ring (bicyclic) bond motifs is 1. The van der Waals surface area contributed by atoms with E-state index in [9.17, 15) is 0 Å². The van der Waals surface area contributed by atoms with E-state index in [1.54, 1.807) is 0 Å². The zero-order valence-corrected chi connectivity index (χ0v) is 18.0. The number of aromatic nitrogens is 2. The Balaban J connectivity index is 1.31. The fourth-order valence-corrected chi connectivity index (χ4v) is 4.26. The number of benzene rings is 2. The molecule has 3 aromatic rings. The van der Waals surface area contributed by atoms with Crippen LogP contribution in [0.3, 0.4) is 0 Å². The average molecular weight is 392 g/mol. The molecule has 4 heteroatoms. The second kappa shape index (κ2) is 9.00. The lowest BCUT2D eigenvalue weighted by Crippen LogP contribution is -2.30. The van der Waals surface area contributed by atoms with Crippen LogP contribution in [0.1, 0.15) is 43.2 Å². The Morgan fingerprint density at radius 3 is 2.76 bits per heavy atom. The number of nitrogens with one attached hydrogen (secondary N) is 1. The van der Waals surface area contributed by atoms with Gasteiger partial charge in [0, 0.05) is 5.56 Å². The lowest BCUT2D eigenvalue weighted by Gasteiger charge is -2.28. The molecule has 1 aromatic heterocycles. The van der Waals surface area contributed by atoms with E-state index in [-0.39, 0.29) is 0 Å². The van der Waals surface area contributed by atoms with Crippen molar-refractivity contribution in [1.82, 2.24) is 14.9 Å². The predicted octanol–water partition coefficient (Wildman–Crippen LogP) is 5.74. The van der Waals surface area contributed by atoms with Crippen molar-refractivity contribution < 1.29 is 4.74 Å². The average Bonchev–Trinajstić information content (AvgIpc) is 3.17. The highest BCUT2D eigenvalue weighted by Gasteiger charge is 2.16. The summed E-state index contributed by atoms with van der Waals surface area (Å²) in [5.74, 6) is 2.74. The molecular formula is C25H33N3O. The molecule has 0 unspecified atom stereocenters. The monoisotopic (exact) mass is 391 g/mol. The number of aromatic amines is 1. The molecule has 4 rings (SSSR count). The summed E-state index contributed by atoms with van der Waals surface area (Å²) in [6, 6.07) is 12.5. The largest absolute Gasteiger partial charge is 0.494 e. The Kier molecular flexibility index (Phi) is 6.19. The smallest absolute Gasteiger partial charge is 0.138 e. The summed E-state index contributed by atoms with van der Waals surface area (Å²) in [6.07, 6.45) is 6.44. The van der Waals surface area contributed by atoms with Crippen LogP contribution in [-0.4, -0.2) is 41.6 Å². The highest BCUT2D eigenvalue weighted by atomic mass is 16.5. The fourth-order valence-electron chi connectivity index (χ4n) is 4.26. The molecule has 1 aliphatic heterocycles. The van der Waals surface area contributed by atoms with Gasteiger partial charge in [-0.1, -0.05) is 24.6 Å². The molecule has 1 saturated heterocycles. The molecule has 0 atom stereocenters. The third-order valence-corrected chi connectivity index (χ3v) is 6.40. The highest BCUT2D eigenvalue weighted by molar-refractivity contribution is 5.83. The van der Waals surface area contributed by atoms with E-state index in [1.165, 1.54) is 49.9 Å². The molecule has 1 N–H and O–H groups in total. The summed E-state index contributed by atoms with van der Waals surface area (Å²) in [5, 5.41) is 0. The number of hydrogen-bond acceptors (Lipinski definition) is 3. The molecule has 0 saturated carbocycles. The van der Waals surface area contributed by atoms with E-state index in [0.29, 0.717) is 0 Å². The van der Waals surface area contributed by atoms with Crippen molar-refractivity contribution in [2.75, 3.05) is 26.7 Å². The van der Waals surface area contributed by atoms with Crippen LogP contribution in [-0.2, 0) is 0 Å². The summed E-state index contributed by atoms with van der Waals surface area (Å²) in [4.78, 5) is 10.7. The van der Waals surface area contributed by atoms with Gasteiger partial charge in [0.25, 0.3) is 0 Å². The molecule has 0 aliphatic carbocycles. The van der Waals surface area contributed by atoms with Gasteiger partial charge in [0.2, 0.25) is 0 Å². The number of H-pyrrole nitrogens is 1. The minimum atomic E-state index is 0.786. The Bertz CT molecular complexity index is 954. The molecule has 1 aliphatic rings. The Morgan fingerprint density at radius 2 is 1.93 bits per heavy atom. The zero-order valence-electron chi connectivity index (χ0n) is 18.0. The first-order chi connectivity index (χ1) is 14.1. The summed E-state index contributed by atoms with van der Waals surface area (Å²) < 4.78 is 6.04. The molecule has 4 nitrogen and oxygen atoms in total. The van der Waals surface area contributed by atoms with Crippen LogP contribution in [0.15, 0.2) is 36.4 Å². The number of unbranched alkanes of at least 4 members (excludes halogenated alkanes) is 1. The maximum absolute atomic E-state index is 6.04. The van der Waals surface area contributed by atoms with Gasteiger partial charge in [-0.15, -0.1) is 0 Å². The Labute approximate surface area is 174 Å². The van der Waals surface area contributed by atoms with Crippen molar-refractivity contribution in [3.8, 4) is 17.1 Å². The van der Waals surface area contributed by atoms with Gasteiger partial charge >= 0.3 is 0 Å². The van der Waals surface area contributed by atoms with Crippen molar-refractivity contribution >= 4 is 11.0 Å². The SMILES string of the molecule is Cc1ccc2[nH]c(-c3cccc(OCCCCC4CCN(C)CC4)c3)nc2c1C. The summed E-state index contributed by atoms with van der Waals surface area (Å²) in [5.41, 5.74) is 5.72. The third kappa shape index (κ3) is 4.81. The van der Waals surface area contributed by atoms with E-state index < -0.39 is 0 Å². The van der Waals surface area contributed by atoms with Crippen LogP contribution < -0.4 is 4.74 Å². The summed E-state index contributed by atoms with van der Waals surface area (Å²) in [6.45, 7) is 7.57. The standard InChI is InChI=1S/C25H33N3O/c1-18-10-11-23-24(19(18)2)27-25(26-23)21-8-6-9-22(17-21)29-16-5-4-7-20-12-14-28(3)15-13-20/h6,8-11,17,20H,4-5,7,12-16H2,1-3H3,(H,26,27). The molecule has 154 valence electrons. The van der Waals surface area contributed by atoms with E-state index in [0.717, 1.165) is 47.1 Å². The molecule has 0 radical (unpaired) electrons. The fraction of sp³-hybridized carbons (Fsp3) is 0.480. The number of imidazole rings is 1. The van der Waals surface area contributed by atoms with Crippen LogP contribution >= 0.6 is 0 Å². The number of likely N-dealkylation sites (tertiary alicyclic amines) is 1. The first kappa shape index (κ1) is 20.0. The van der Waals surface area contributed by atoms with Crippen molar-refractivity contribution in [1.29, 1.82) is 0 Å². The third-order valence-electron chi connectivity index (χ3n) is 6.40. The normalized spacial score (nSPS) is 15.8. The van der Waals surface area contributed by atoms with E-state index in [4.69, 9.17) is 9.72 Å². The van der Waals surface area contributed by atoms with Gasteiger partial charge < -0.3 is 14.6 Å². The van der Waals surface area contributed by atoms with Gasteiger partial charge in [-0.05, 0) is 94.9 Å². The summed E-state index contributed by atoms with van der Waals surface area (Å²) >= 11 is 0. The first-order valence-electron chi connectivity index (χ1n) is 11.0. The quantitative estimate of drug-likeness (QED) is 0.522. The Hall–Kier alpha value is -2.33. The van der Waals surface area contributed by atoms with Crippen LogP contribution in [0.25, 0.3) is 22.4 Å². The van der Waals surface area contributed by atoms with Gasteiger partial charge in [0.15, 0.2) is 0 Å². The number of nitrogens with zero attached hydrogens (tertiary/aromatic N) is 2. The molecule has 29 heavy (non-hydrogen) atoms. The van der Waals surface area contributed by atoms with Gasteiger partial charge in [0.05, 0.1) is 17.6 Å². The second-order valence-corrected chi connectivity index (χ2v) is 8.61. The van der Waals surface area contributed by atoms with Gasteiger partial charge in [-0.2, -0.15) is 0 Å². The van der Waals surface area contributed by atoms with Crippen LogP contribution in [0.2, 0.25) is 0 Å². The summed E-state index contributed by atoms with van der Waals surface area (Å²) in [7, 11) is 2.23. The topological polar surface area (TPSA) is 41.1 Å². The van der Waals surface area contributed by atoms with Gasteiger partial charge in [-0.3, -0.25) is 0 Å². The molecular weight excluding hydrogens is 358 g/mol. The lowest BCUT2D eigenvalue weighted by molar-refractivity contribution is 0.206. The minimum Gasteiger partial charge on any atom is -0.494 e. The first-order valence-corrected chi connectivity index (χ1v) is 11.0. The molecule has 0 amide bonds. The second-order valence-electron chi connectivity index (χ2n) is 8.61. The van der Waals surface area contributed by atoms with E-state index in [2.05, 4.69) is 61.1 Å². The predicted molar refractivity (Wildman–Crippen MR) is 121 cm³/mol. The van der Waals surface area contributed by atoms with Crippen molar-refractivity contribution in [2.45, 2.75) is 46.0 Å². The van der Waals surface area contributed by atoms with Crippen molar-refractivity contribution in [2.24, 2.45) is 5.92 Å². The molecule has 0 bridgehead atoms. The van der Waals surface area contributed by atoms with E-state index in [1.807, 2.05) is 6.07 Å². The molecule has 2 aromatic carbocycles. The highest BCUT2D eigenvalue weighted by Crippen LogP contribution is 2.27. The zero-order chi connectivity index (χ0) is 20.2. The van der Waals surface area contributed by atoms with Crippen molar-refractivity contribution in [3.63, 3.8) is 0 Å². The number of piperidine rings is 1. The number of rotatable bonds is 7. The molecule has 1 fully saturated rings. The lowest BCUT2D eigenvalue weighted by atomic mass is 9.92. The Morgan fingerprint density at radius 1 is 1.10 bits per heavy atom. The maximum atomic E-state index is 6.04. The molecule has 0 spiro atoms. The molecule has 2 heterocycles. The van der Waals surface area contributed by atoms with Crippen LogP contribution in [0.4, 0.5) is 0 Å². The van der Waals surface area contributed by atoms with Gasteiger partial charge in [-0.25, -0.2) is 4.98 Å². The van der Waals surface area contributed by atoms with Crippen molar-refractivity contribution in [3.05, 3.63) is 47.5 Å². The van der Waals surface area contributed by atoms with Gasteiger partial charge in [0.1, 0.15) is 11.6 Å². The number of aryl methyl sites for hydroxylation is 2. The minimum absolute atomic E-state index is 0.786. The number of hydrogen-bond donors (Lipinski definition) is 1. The van der Waals surface area contributed by atoms with Crippen LogP contribution in [0.5, 0.6) is 5.75 Å². The number of ether oxygens (including phenoxy) is 1.